The lowest BCUT2D eigenvalue weighted by Gasteiger charge is -2.37. The monoisotopic (exact) mass is 247 g/mol. The van der Waals surface area contributed by atoms with E-state index >= 15 is 0 Å². The topological polar surface area (TPSA) is 37.3 Å². The molecule has 3 rings (SSSR count). The Morgan fingerprint density at radius 3 is 2.44 bits per heavy atom. The molecule has 2 bridgehead atoms. The van der Waals surface area contributed by atoms with Crippen LogP contribution in [0, 0.1) is 0 Å². The van der Waals surface area contributed by atoms with Crippen molar-refractivity contribution < 1.29 is 0 Å². The zero-order valence-corrected chi connectivity index (χ0v) is 11.1. The Balaban J connectivity index is 1.70. The standard InChI is InChI=1S/C14H21N3O/c1-16-9-10(3-6-14(16)18)15-11-7-12-4-5-13(8-11)17(12)2/h3,6,9,11-13,15H,4-5,7-8H2,1-2H3. The van der Waals surface area contributed by atoms with Gasteiger partial charge in [0.2, 0.25) is 5.56 Å². The summed E-state index contributed by atoms with van der Waals surface area (Å²) in [6, 6.07) is 5.56. The van der Waals surface area contributed by atoms with Crippen LogP contribution < -0.4 is 10.9 Å². The molecule has 18 heavy (non-hydrogen) atoms. The summed E-state index contributed by atoms with van der Waals surface area (Å²) >= 11 is 0. The van der Waals surface area contributed by atoms with Crippen LogP contribution in [0.2, 0.25) is 0 Å². The number of fused-ring (bicyclic) bond motifs is 2. The Kier molecular flexibility index (Phi) is 2.90. The Morgan fingerprint density at radius 1 is 1.17 bits per heavy atom. The number of anilines is 1. The van der Waals surface area contributed by atoms with E-state index in [0.717, 1.165) is 17.8 Å². The maximum Gasteiger partial charge on any atom is 0.250 e. The highest BCUT2D eigenvalue weighted by atomic mass is 16.1. The average molecular weight is 247 g/mol. The minimum Gasteiger partial charge on any atom is -0.381 e. The number of rotatable bonds is 2. The van der Waals surface area contributed by atoms with E-state index in [2.05, 4.69) is 17.3 Å². The first-order valence-corrected chi connectivity index (χ1v) is 6.78. The summed E-state index contributed by atoms with van der Waals surface area (Å²) in [6.45, 7) is 0. The number of nitrogens with zero attached hydrogens (tertiary/aromatic N) is 2. The Morgan fingerprint density at radius 2 is 1.83 bits per heavy atom. The van der Waals surface area contributed by atoms with Gasteiger partial charge in [0.05, 0.1) is 5.69 Å². The van der Waals surface area contributed by atoms with Gasteiger partial charge in [-0.05, 0) is 38.8 Å². The van der Waals surface area contributed by atoms with Gasteiger partial charge in [0.15, 0.2) is 0 Å². The number of nitrogens with one attached hydrogen (secondary N) is 1. The van der Waals surface area contributed by atoms with Crippen LogP contribution in [0.15, 0.2) is 23.1 Å². The predicted octanol–water partition coefficient (Wildman–Crippen LogP) is 1.42. The molecule has 4 heteroatoms. The molecule has 4 nitrogen and oxygen atoms in total. The lowest BCUT2D eigenvalue weighted by molar-refractivity contribution is 0.169. The molecule has 2 aliphatic heterocycles. The van der Waals surface area contributed by atoms with Gasteiger partial charge in [-0.2, -0.15) is 0 Å². The zero-order chi connectivity index (χ0) is 12.7. The molecule has 0 aromatic carbocycles. The van der Waals surface area contributed by atoms with Gasteiger partial charge in [-0.1, -0.05) is 0 Å². The molecule has 2 unspecified atom stereocenters. The molecule has 1 N–H and O–H groups in total. The molecule has 0 amide bonds. The smallest absolute Gasteiger partial charge is 0.250 e. The third kappa shape index (κ3) is 2.05. The van der Waals surface area contributed by atoms with Crippen molar-refractivity contribution in [2.24, 2.45) is 7.05 Å². The van der Waals surface area contributed by atoms with E-state index < -0.39 is 0 Å². The maximum atomic E-state index is 11.3. The first-order chi connectivity index (χ1) is 8.63. The summed E-state index contributed by atoms with van der Waals surface area (Å²) in [5.41, 5.74) is 1.11. The van der Waals surface area contributed by atoms with E-state index in [1.165, 1.54) is 25.7 Å². The molecule has 98 valence electrons. The van der Waals surface area contributed by atoms with Gasteiger partial charge < -0.3 is 14.8 Å². The zero-order valence-electron chi connectivity index (χ0n) is 11.1. The van der Waals surface area contributed by atoms with Gasteiger partial charge in [0.25, 0.3) is 0 Å². The number of pyridine rings is 1. The van der Waals surface area contributed by atoms with Crippen molar-refractivity contribution in [3.63, 3.8) is 0 Å². The first-order valence-electron chi connectivity index (χ1n) is 6.78. The van der Waals surface area contributed by atoms with Crippen LogP contribution >= 0.6 is 0 Å². The van der Waals surface area contributed by atoms with E-state index in [0.29, 0.717) is 6.04 Å². The van der Waals surface area contributed by atoms with Crippen LogP contribution in [-0.2, 0) is 7.05 Å². The number of hydrogen-bond acceptors (Lipinski definition) is 3. The molecule has 2 atom stereocenters. The third-order valence-corrected chi connectivity index (χ3v) is 4.55. The molecule has 0 radical (unpaired) electrons. The molecule has 2 aliphatic rings. The van der Waals surface area contributed by atoms with Crippen molar-refractivity contribution in [2.45, 2.75) is 43.8 Å². The lowest BCUT2D eigenvalue weighted by Crippen LogP contribution is -2.44. The number of aryl methyl sites for hydroxylation is 1. The van der Waals surface area contributed by atoms with E-state index in [1.807, 2.05) is 12.3 Å². The molecule has 1 aromatic heterocycles. The second-order valence-corrected chi connectivity index (χ2v) is 5.73. The summed E-state index contributed by atoms with van der Waals surface area (Å²) < 4.78 is 1.63. The van der Waals surface area contributed by atoms with Crippen molar-refractivity contribution in [1.82, 2.24) is 9.47 Å². The summed E-state index contributed by atoms with van der Waals surface area (Å²) in [5, 5.41) is 3.58. The molecule has 0 aliphatic carbocycles. The summed E-state index contributed by atoms with van der Waals surface area (Å²) in [4.78, 5) is 13.9. The normalized spacial score (nSPS) is 31.6. The fourth-order valence-corrected chi connectivity index (χ4v) is 3.44. The molecule has 0 saturated carbocycles. The first kappa shape index (κ1) is 11.8. The fraction of sp³-hybridized carbons (Fsp3) is 0.643. The number of piperidine rings is 1. The summed E-state index contributed by atoms with van der Waals surface area (Å²) in [6.07, 6.45) is 7.01. The minimum atomic E-state index is 0.0454. The average Bonchev–Trinajstić information content (AvgIpc) is 2.58. The summed E-state index contributed by atoms with van der Waals surface area (Å²) in [7, 11) is 4.05. The van der Waals surface area contributed by atoms with E-state index in [1.54, 1.807) is 17.7 Å². The van der Waals surface area contributed by atoms with Gasteiger partial charge in [0.1, 0.15) is 0 Å². The van der Waals surface area contributed by atoms with Crippen LogP contribution in [0.3, 0.4) is 0 Å². The molecule has 2 saturated heterocycles. The minimum absolute atomic E-state index is 0.0454. The Labute approximate surface area is 108 Å². The quantitative estimate of drug-likeness (QED) is 0.859. The van der Waals surface area contributed by atoms with Crippen LogP contribution in [0.5, 0.6) is 0 Å². The largest absolute Gasteiger partial charge is 0.381 e. The van der Waals surface area contributed by atoms with E-state index in [-0.39, 0.29) is 5.56 Å². The van der Waals surface area contributed by atoms with Gasteiger partial charge in [0, 0.05) is 37.4 Å². The molecular weight excluding hydrogens is 226 g/mol. The highest BCUT2D eigenvalue weighted by Crippen LogP contribution is 2.35. The van der Waals surface area contributed by atoms with Gasteiger partial charge in [-0.15, -0.1) is 0 Å². The van der Waals surface area contributed by atoms with Crippen molar-refractivity contribution in [3.05, 3.63) is 28.7 Å². The molecule has 0 spiro atoms. The van der Waals surface area contributed by atoms with Crippen LogP contribution in [-0.4, -0.2) is 34.6 Å². The second-order valence-electron chi connectivity index (χ2n) is 5.73. The van der Waals surface area contributed by atoms with E-state index in [9.17, 15) is 4.79 Å². The predicted molar refractivity (Wildman–Crippen MR) is 72.9 cm³/mol. The molecule has 2 fully saturated rings. The van der Waals surface area contributed by atoms with Gasteiger partial charge >= 0.3 is 0 Å². The maximum absolute atomic E-state index is 11.3. The van der Waals surface area contributed by atoms with Crippen molar-refractivity contribution in [2.75, 3.05) is 12.4 Å². The van der Waals surface area contributed by atoms with E-state index in [4.69, 9.17) is 0 Å². The van der Waals surface area contributed by atoms with Gasteiger partial charge in [-0.3, -0.25) is 4.79 Å². The molecule has 1 aromatic rings. The number of hydrogen-bond donors (Lipinski definition) is 1. The molecular formula is C14H21N3O. The van der Waals surface area contributed by atoms with Crippen molar-refractivity contribution >= 4 is 5.69 Å². The Bertz CT molecular complexity index is 482. The fourth-order valence-electron chi connectivity index (χ4n) is 3.44. The SMILES string of the molecule is CN1C2CCC1CC(Nc1ccc(=O)n(C)c1)C2. The third-order valence-electron chi connectivity index (χ3n) is 4.55. The second kappa shape index (κ2) is 4.43. The summed E-state index contributed by atoms with van der Waals surface area (Å²) in [5.74, 6) is 0. The van der Waals surface area contributed by atoms with Gasteiger partial charge in [-0.25, -0.2) is 0 Å². The number of aromatic nitrogens is 1. The van der Waals surface area contributed by atoms with Crippen LogP contribution in [0.1, 0.15) is 25.7 Å². The van der Waals surface area contributed by atoms with Crippen molar-refractivity contribution in [3.8, 4) is 0 Å². The molecule has 3 heterocycles. The lowest BCUT2D eigenvalue weighted by atomic mass is 9.98. The van der Waals surface area contributed by atoms with Crippen molar-refractivity contribution in [1.29, 1.82) is 0 Å². The Hall–Kier alpha value is -1.29. The highest BCUT2D eigenvalue weighted by Gasteiger charge is 2.38. The van der Waals surface area contributed by atoms with Crippen LogP contribution in [0.4, 0.5) is 5.69 Å². The van der Waals surface area contributed by atoms with Crippen LogP contribution in [0.25, 0.3) is 0 Å². The highest BCUT2D eigenvalue weighted by molar-refractivity contribution is 5.41.